The van der Waals surface area contributed by atoms with Crippen LogP contribution in [0.3, 0.4) is 0 Å². The van der Waals surface area contributed by atoms with Crippen LogP contribution in [0.2, 0.25) is 0 Å². The smallest absolute Gasteiger partial charge is 0.341 e. The zero-order valence-corrected chi connectivity index (χ0v) is 16.8. The Hall–Kier alpha value is -3.25. The topological polar surface area (TPSA) is 72.5 Å². The fourth-order valence-corrected chi connectivity index (χ4v) is 3.84. The van der Waals surface area contributed by atoms with Gasteiger partial charge in [-0.15, -0.1) is 11.3 Å². The van der Waals surface area contributed by atoms with E-state index in [1.807, 2.05) is 41.8 Å². The van der Waals surface area contributed by atoms with E-state index < -0.39 is 5.97 Å². The number of nitrogens with one attached hydrogen (secondary N) is 1. The van der Waals surface area contributed by atoms with E-state index in [9.17, 15) is 14.4 Å². The largest absolute Gasteiger partial charge is 0.462 e. The molecular weight excluding hydrogens is 386 g/mol. The fraction of sp³-hybridized carbons (Fsp3) is 0.174. The predicted octanol–water partition coefficient (Wildman–Crippen LogP) is 5.19. The Bertz CT molecular complexity index is 996. The van der Waals surface area contributed by atoms with Crippen LogP contribution < -0.4 is 5.32 Å². The third-order valence-electron chi connectivity index (χ3n) is 4.28. The quantitative estimate of drug-likeness (QED) is 0.412. The number of ketones is 1. The van der Waals surface area contributed by atoms with Crippen molar-refractivity contribution >= 4 is 34.0 Å². The molecule has 6 heteroatoms. The second-order valence-electron chi connectivity index (χ2n) is 6.28. The van der Waals surface area contributed by atoms with Crippen molar-refractivity contribution in [2.45, 2.75) is 19.8 Å². The van der Waals surface area contributed by atoms with Gasteiger partial charge in [0, 0.05) is 29.3 Å². The Morgan fingerprint density at radius 3 is 2.24 bits per heavy atom. The van der Waals surface area contributed by atoms with Crippen molar-refractivity contribution in [3.8, 4) is 11.1 Å². The number of carbonyl (C=O) groups is 3. The molecule has 1 heterocycles. The molecule has 1 aromatic heterocycles. The third kappa shape index (κ3) is 5.18. The molecule has 1 N–H and O–H groups in total. The molecule has 0 spiro atoms. The van der Waals surface area contributed by atoms with Gasteiger partial charge >= 0.3 is 5.97 Å². The first kappa shape index (κ1) is 20.5. The average molecular weight is 407 g/mol. The summed E-state index contributed by atoms with van der Waals surface area (Å²) in [5.74, 6) is -0.896. The zero-order chi connectivity index (χ0) is 20.6. The highest BCUT2D eigenvalue weighted by Gasteiger charge is 2.23. The molecule has 2 aromatic carbocycles. The van der Waals surface area contributed by atoms with Crippen LogP contribution >= 0.6 is 11.3 Å². The van der Waals surface area contributed by atoms with Gasteiger partial charge < -0.3 is 10.1 Å². The van der Waals surface area contributed by atoms with Crippen LogP contribution in [0.1, 0.15) is 40.5 Å². The number of carbonyl (C=O) groups excluding carboxylic acids is 3. The van der Waals surface area contributed by atoms with E-state index in [4.69, 9.17) is 4.74 Å². The van der Waals surface area contributed by atoms with Crippen LogP contribution in [0.25, 0.3) is 11.1 Å². The number of thiophene rings is 1. The van der Waals surface area contributed by atoms with Crippen LogP contribution in [-0.2, 0) is 9.53 Å². The van der Waals surface area contributed by atoms with E-state index in [1.165, 1.54) is 11.3 Å². The molecule has 0 aliphatic carbocycles. The fourth-order valence-electron chi connectivity index (χ4n) is 2.87. The summed E-state index contributed by atoms with van der Waals surface area (Å²) in [5, 5.41) is 5.03. The van der Waals surface area contributed by atoms with Crippen molar-refractivity contribution in [2.75, 3.05) is 11.9 Å². The molecule has 3 aromatic rings. The highest BCUT2D eigenvalue weighted by atomic mass is 32.1. The first-order chi connectivity index (χ1) is 14.1. The minimum atomic E-state index is -0.483. The van der Waals surface area contributed by atoms with Crippen molar-refractivity contribution in [1.29, 1.82) is 0 Å². The summed E-state index contributed by atoms with van der Waals surface area (Å²) >= 11 is 1.27. The Labute approximate surface area is 173 Å². The van der Waals surface area contributed by atoms with Crippen molar-refractivity contribution in [1.82, 2.24) is 0 Å². The van der Waals surface area contributed by atoms with E-state index in [0.29, 0.717) is 21.7 Å². The van der Waals surface area contributed by atoms with Gasteiger partial charge in [0.25, 0.3) is 0 Å². The summed E-state index contributed by atoms with van der Waals surface area (Å²) in [5.41, 5.74) is 2.50. The molecular formula is C23H21NO4S. The lowest BCUT2D eigenvalue weighted by molar-refractivity contribution is -0.116. The number of anilines is 1. The summed E-state index contributed by atoms with van der Waals surface area (Å²) < 4.78 is 5.19. The summed E-state index contributed by atoms with van der Waals surface area (Å²) in [4.78, 5) is 37.1. The van der Waals surface area contributed by atoms with E-state index >= 15 is 0 Å². The maximum Gasteiger partial charge on any atom is 0.341 e. The Morgan fingerprint density at radius 1 is 0.931 bits per heavy atom. The van der Waals surface area contributed by atoms with Crippen LogP contribution in [-0.4, -0.2) is 24.3 Å². The molecule has 0 saturated carbocycles. The van der Waals surface area contributed by atoms with Crippen molar-refractivity contribution in [2.24, 2.45) is 0 Å². The standard InChI is InChI=1S/C23H21NO4S/c1-2-28-23(27)21-18(16-9-5-3-6-10-16)15-29-22(21)24-20(26)14-13-19(25)17-11-7-4-8-12-17/h3-12,15H,2,13-14H2,1H3,(H,24,26). The van der Waals surface area contributed by atoms with Gasteiger partial charge in [-0.05, 0) is 12.5 Å². The lowest BCUT2D eigenvalue weighted by Crippen LogP contribution is -2.15. The Morgan fingerprint density at radius 2 is 1.59 bits per heavy atom. The van der Waals surface area contributed by atoms with Gasteiger partial charge in [-0.3, -0.25) is 9.59 Å². The zero-order valence-electron chi connectivity index (χ0n) is 16.0. The maximum absolute atomic E-state index is 12.5. The first-order valence-corrected chi connectivity index (χ1v) is 10.2. The summed E-state index contributed by atoms with van der Waals surface area (Å²) in [6.07, 6.45) is 0.135. The second kappa shape index (κ2) is 9.80. The number of rotatable bonds is 8. The van der Waals surface area contributed by atoms with Gasteiger partial charge in [0.2, 0.25) is 5.91 Å². The monoisotopic (exact) mass is 407 g/mol. The molecule has 0 bridgehead atoms. The van der Waals surface area contributed by atoms with Crippen molar-refractivity contribution in [3.05, 3.63) is 77.2 Å². The number of Topliss-reactive ketones (excluding diaryl/α,β-unsaturated/α-hetero) is 1. The molecule has 1 amide bonds. The van der Waals surface area contributed by atoms with Gasteiger partial charge in [0.1, 0.15) is 10.6 Å². The first-order valence-electron chi connectivity index (χ1n) is 9.32. The minimum absolute atomic E-state index is 0.0363. The molecule has 0 atom stereocenters. The van der Waals surface area contributed by atoms with Crippen LogP contribution in [0.4, 0.5) is 5.00 Å². The maximum atomic E-state index is 12.5. The van der Waals surface area contributed by atoms with Crippen LogP contribution in [0.5, 0.6) is 0 Å². The van der Waals surface area contributed by atoms with Crippen LogP contribution in [0, 0.1) is 0 Å². The molecule has 0 radical (unpaired) electrons. The van der Waals surface area contributed by atoms with Gasteiger partial charge in [-0.25, -0.2) is 4.79 Å². The van der Waals surface area contributed by atoms with E-state index in [0.717, 1.165) is 5.56 Å². The normalized spacial score (nSPS) is 10.4. The average Bonchev–Trinajstić information content (AvgIpc) is 3.17. The second-order valence-corrected chi connectivity index (χ2v) is 7.16. The van der Waals surface area contributed by atoms with Crippen LogP contribution in [0.15, 0.2) is 66.0 Å². The molecule has 0 aliphatic heterocycles. The molecule has 29 heavy (non-hydrogen) atoms. The highest BCUT2D eigenvalue weighted by Crippen LogP contribution is 2.36. The lowest BCUT2D eigenvalue weighted by atomic mass is 10.0. The third-order valence-corrected chi connectivity index (χ3v) is 5.18. The number of amides is 1. The number of hydrogen-bond donors (Lipinski definition) is 1. The predicted molar refractivity (Wildman–Crippen MR) is 114 cm³/mol. The minimum Gasteiger partial charge on any atom is -0.462 e. The highest BCUT2D eigenvalue weighted by molar-refractivity contribution is 7.15. The van der Waals surface area contributed by atoms with E-state index in [1.54, 1.807) is 31.2 Å². The number of ether oxygens (including phenoxy) is 1. The van der Waals surface area contributed by atoms with Gasteiger partial charge in [0.05, 0.1) is 6.61 Å². The summed E-state index contributed by atoms with van der Waals surface area (Å²) in [7, 11) is 0. The lowest BCUT2D eigenvalue weighted by Gasteiger charge is -2.09. The van der Waals surface area contributed by atoms with Crippen molar-refractivity contribution in [3.63, 3.8) is 0 Å². The molecule has 0 fully saturated rings. The van der Waals surface area contributed by atoms with E-state index in [2.05, 4.69) is 5.32 Å². The van der Waals surface area contributed by atoms with Gasteiger partial charge in [-0.1, -0.05) is 60.7 Å². The molecule has 0 unspecified atom stereocenters. The molecule has 148 valence electrons. The summed E-state index contributed by atoms with van der Waals surface area (Å²) in [6.45, 7) is 1.97. The van der Waals surface area contributed by atoms with E-state index in [-0.39, 0.29) is 31.1 Å². The number of benzene rings is 2. The van der Waals surface area contributed by atoms with Gasteiger partial charge in [0.15, 0.2) is 5.78 Å². The molecule has 3 rings (SSSR count). The Kier molecular flexibility index (Phi) is 6.92. The number of esters is 1. The molecule has 5 nitrogen and oxygen atoms in total. The SMILES string of the molecule is CCOC(=O)c1c(-c2ccccc2)csc1NC(=O)CCC(=O)c1ccccc1. The number of hydrogen-bond acceptors (Lipinski definition) is 5. The summed E-state index contributed by atoms with van der Waals surface area (Å²) in [6, 6.07) is 18.3. The Balaban J connectivity index is 1.74. The van der Waals surface area contributed by atoms with Gasteiger partial charge in [-0.2, -0.15) is 0 Å². The molecule has 0 saturated heterocycles. The van der Waals surface area contributed by atoms with Crippen molar-refractivity contribution < 1.29 is 19.1 Å². The molecule has 0 aliphatic rings.